The molecule has 2 heterocycles. The zero-order valence-electron chi connectivity index (χ0n) is 21.3. The van der Waals surface area contributed by atoms with Gasteiger partial charge in [0.15, 0.2) is 0 Å². The molecule has 1 fully saturated rings. The summed E-state index contributed by atoms with van der Waals surface area (Å²) in [4.78, 5) is 44.3. The molecule has 1 amide bonds. The van der Waals surface area contributed by atoms with Crippen molar-refractivity contribution in [1.29, 1.82) is 0 Å². The standard InChI is InChI=1S/C29H28N2O7/c1-4-14-38-29(35)19-9-7-18(8-10-19)17-31-25(20-6-5-13-30-16-20)24(27(33)28(31)34)26(32)22-15-21(36-2)11-12-23(22)37-3/h5-13,15-16,25,32H,4,14,17H2,1-3H3/b26-24+. The first-order valence-corrected chi connectivity index (χ1v) is 12.1. The van der Waals surface area contributed by atoms with Crippen LogP contribution in [-0.2, 0) is 20.9 Å². The van der Waals surface area contributed by atoms with Crippen LogP contribution < -0.4 is 9.47 Å². The van der Waals surface area contributed by atoms with Crippen molar-refractivity contribution in [3.05, 3.63) is 94.8 Å². The molecule has 1 atom stereocenters. The second-order valence-corrected chi connectivity index (χ2v) is 8.61. The fourth-order valence-corrected chi connectivity index (χ4v) is 4.29. The van der Waals surface area contributed by atoms with Crippen molar-refractivity contribution in [1.82, 2.24) is 9.88 Å². The number of aliphatic hydroxyl groups is 1. The van der Waals surface area contributed by atoms with Crippen molar-refractivity contribution in [3.8, 4) is 11.5 Å². The molecule has 1 saturated heterocycles. The molecule has 0 radical (unpaired) electrons. The van der Waals surface area contributed by atoms with E-state index in [4.69, 9.17) is 14.2 Å². The van der Waals surface area contributed by atoms with Gasteiger partial charge in [0, 0.05) is 18.9 Å². The van der Waals surface area contributed by atoms with Gasteiger partial charge in [0.2, 0.25) is 0 Å². The average Bonchev–Trinajstić information content (AvgIpc) is 3.20. The quantitative estimate of drug-likeness (QED) is 0.194. The number of likely N-dealkylation sites (tertiary alicyclic amines) is 1. The molecule has 4 rings (SSSR count). The maximum Gasteiger partial charge on any atom is 0.338 e. The first-order chi connectivity index (χ1) is 18.4. The molecule has 1 unspecified atom stereocenters. The molecule has 0 bridgehead atoms. The zero-order chi connectivity index (χ0) is 27.2. The number of aliphatic hydroxyl groups excluding tert-OH is 1. The minimum absolute atomic E-state index is 0.0560. The third-order valence-electron chi connectivity index (χ3n) is 6.18. The van der Waals surface area contributed by atoms with E-state index in [9.17, 15) is 19.5 Å². The number of esters is 1. The van der Waals surface area contributed by atoms with Gasteiger partial charge in [-0.05, 0) is 53.9 Å². The molecule has 196 valence electrons. The molecule has 9 nitrogen and oxygen atoms in total. The highest BCUT2D eigenvalue weighted by molar-refractivity contribution is 6.46. The van der Waals surface area contributed by atoms with Crippen molar-refractivity contribution in [2.75, 3.05) is 20.8 Å². The first kappa shape index (κ1) is 26.4. The molecule has 3 aromatic rings. The number of ether oxygens (including phenoxy) is 3. The van der Waals surface area contributed by atoms with E-state index >= 15 is 0 Å². The number of hydrogen-bond acceptors (Lipinski definition) is 8. The second kappa shape index (κ2) is 11.6. The third-order valence-corrected chi connectivity index (χ3v) is 6.18. The number of ketones is 1. The number of aromatic nitrogens is 1. The fourth-order valence-electron chi connectivity index (χ4n) is 4.29. The van der Waals surface area contributed by atoms with Gasteiger partial charge >= 0.3 is 5.97 Å². The summed E-state index contributed by atoms with van der Waals surface area (Å²) >= 11 is 0. The highest BCUT2D eigenvalue weighted by atomic mass is 16.5. The highest BCUT2D eigenvalue weighted by Crippen LogP contribution is 2.42. The van der Waals surface area contributed by atoms with Crippen LogP contribution in [0, 0.1) is 0 Å². The molecule has 1 N–H and O–H groups in total. The van der Waals surface area contributed by atoms with E-state index < -0.39 is 23.7 Å². The van der Waals surface area contributed by atoms with Gasteiger partial charge in [-0.2, -0.15) is 0 Å². The number of methoxy groups -OCH3 is 2. The normalized spacial score (nSPS) is 16.4. The number of pyridine rings is 1. The summed E-state index contributed by atoms with van der Waals surface area (Å²) in [5.41, 5.74) is 1.75. The summed E-state index contributed by atoms with van der Waals surface area (Å²) in [5.74, 6) is -1.66. The van der Waals surface area contributed by atoms with Crippen LogP contribution in [-0.4, -0.2) is 53.5 Å². The first-order valence-electron chi connectivity index (χ1n) is 12.1. The maximum atomic E-state index is 13.3. The Morgan fingerprint density at radius 2 is 1.82 bits per heavy atom. The van der Waals surface area contributed by atoms with Crippen LogP contribution in [0.25, 0.3) is 5.76 Å². The number of carbonyl (C=O) groups is 3. The Bertz CT molecular complexity index is 1370. The van der Waals surface area contributed by atoms with Crippen LogP contribution in [0.5, 0.6) is 11.5 Å². The molecular formula is C29H28N2O7. The predicted octanol–water partition coefficient (Wildman–Crippen LogP) is 4.29. The van der Waals surface area contributed by atoms with E-state index in [2.05, 4.69) is 4.98 Å². The number of rotatable bonds is 9. The molecule has 0 saturated carbocycles. The summed E-state index contributed by atoms with van der Waals surface area (Å²) in [7, 11) is 2.92. The lowest BCUT2D eigenvalue weighted by atomic mass is 9.95. The van der Waals surface area contributed by atoms with E-state index in [0.717, 1.165) is 6.42 Å². The van der Waals surface area contributed by atoms with Crippen molar-refractivity contribution in [2.24, 2.45) is 0 Å². The number of benzene rings is 2. The van der Waals surface area contributed by atoms with E-state index in [0.29, 0.717) is 34.8 Å². The Kier molecular flexibility index (Phi) is 8.06. The van der Waals surface area contributed by atoms with Crippen LogP contribution in [0.3, 0.4) is 0 Å². The zero-order valence-corrected chi connectivity index (χ0v) is 21.3. The summed E-state index contributed by atoms with van der Waals surface area (Å²) in [6.45, 7) is 2.29. The minimum atomic E-state index is -0.909. The summed E-state index contributed by atoms with van der Waals surface area (Å²) in [5, 5.41) is 11.4. The summed E-state index contributed by atoms with van der Waals surface area (Å²) in [6, 6.07) is 14.0. The minimum Gasteiger partial charge on any atom is -0.507 e. The van der Waals surface area contributed by atoms with Gasteiger partial charge < -0.3 is 24.2 Å². The van der Waals surface area contributed by atoms with Crippen LogP contribution in [0.2, 0.25) is 0 Å². The molecule has 9 heteroatoms. The van der Waals surface area contributed by atoms with Gasteiger partial charge in [-0.25, -0.2) is 4.79 Å². The predicted molar refractivity (Wildman–Crippen MR) is 139 cm³/mol. The van der Waals surface area contributed by atoms with Crippen LogP contribution in [0.4, 0.5) is 0 Å². The lowest BCUT2D eigenvalue weighted by Gasteiger charge is -2.25. The molecule has 1 aliphatic heterocycles. The van der Waals surface area contributed by atoms with E-state index in [-0.39, 0.29) is 23.4 Å². The van der Waals surface area contributed by atoms with Gasteiger partial charge in [-0.1, -0.05) is 25.1 Å². The SMILES string of the molecule is CCCOC(=O)c1ccc(CN2C(=O)C(=O)/C(=C(/O)c3cc(OC)ccc3OC)C2c2cccnc2)cc1. The van der Waals surface area contributed by atoms with Gasteiger partial charge in [0.25, 0.3) is 11.7 Å². The molecule has 2 aromatic carbocycles. The molecular weight excluding hydrogens is 488 g/mol. The third kappa shape index (κ3) is 5.22. The van der Waals surface area contributed by atoms with Gasteiger partial charge in [0.05, 0.1) is 43.6 Å². The smallest absolute Gasteiger partial charge is 0.338 e. The Morgan fingerprint density at radius 1 is 1.05 bits per heavy atom. The van der Waals surface area contributed by atoms with Gasteiger partial charge in [-0.3, -0.25) is 14.6 Å². The number of amides is 1. The highest BCUT2D eigenvalue weighted by Gasteiger charge is 2.46. The number of Topliss-reactive ketones (excluding diaryl/α,β-unsaturated/α-hetero) is 1. The fraction of sp³-hybridized carbons (Fsp3) is 0.241. The molecule has 0 aliphatic carbocycles. The number of nitrogens with zero attached hydrogens (tertiary/aromatic N) is 2. The summed E-state index contributed by atoms with van der Waals surface area (Å²) in [6.07, 6.45) is 3.85. The topological polar surface area (TPSA) is 115 Å². The molecule has 0 spiro atoms. The van der Waals surface area contributed by atoms with Crippen molar-refractivity contribution in [3.63, 3.8) is 0 Å². The van der Waals surface area contributed by atoms with E-state index in [1.807, 2.05) is 6.92 Å². The monoisotopic (exact) mass is 516 g/mol. The van der Waals surface area contributed by atoms with E-state index in [1.165, 1.54) is 25.2 Å². The number of hydrogen-bond donors (Lipinski definition) is 1. The molecule has 38 heavy (non-hydrogen) atoms. The van der Waals surface area contributed by atoms with Crippen molar-refractivity contribution < 1.29 is 33.7 Å². The van der Waals surface area contributed by atoms with Crippen LogP contribution >= 0.6 is 0 Å². The Balaban J connectivity index is 1.76. The largest absolute Gasteiger partial charge is 0.507 e. The van der Waals surface area contributed by atoms with E-state index in [1.54, 1.807) is 60.9 Å². The van der Waals surface area contributed by atoms with Gasteiger partial charge in [0.1, 0.15) is 17.3 Å². The average molecular weight is 517 g/mol. The Hall–Kier alpha value is -4.66. The lowest BCUT2D eigenvalue weighted by Crippen LogP contribution is -2.29. The van der Waals surface area contributed by atoms with Crippen molar-refractivity contribution in [2.45, 2.75) is 25.9 Å². The molecule has 1 aliphatic rings. The second-order valence-electron chi connectivity index (χ2n) is 8.61. The van der Waals surface area contributed by atoms with Crippen LogP contribution in [0.15, 0.2) is 72.6 Å². The van der Waals surface area contributed by atoms with Gasteiger partial charge in [-0.15, -0.1) is 0 Å². The maximum absolute atomic E-state index is 13.3. The molecule has 1 aromatic heterocycles. The lowest BCUT2D eigenvalue weighted by molar-refractivity contribution is -0.140. The summed E-state index contributed by atoms with van der Waals surface area (Å²) < 4.78 is 15.8. The van der Waals surface area contributed by atoms with Crippen molar-refractivity contribution >= 4 is 23.4 Å². The Labute approximate surface area is 220 Å². The Morgan fingerprint density at radius 3 is 2.45 bits per heavy atom. The van der Waals surface area contributed by atoms with Crippen LogP contribution in [0.1, 0.15) is 46.4 Å². The number of carbonyl (C=O) groups excluding carboxylic acids is 3.